The fraction of sp³-hybridized carbons (Fsp3) is 0.357. The fourth-order valence-electron chi connectivity index (χ4n) is 2.16. The zero-order valence-electron chi connectivity index (χ0n) is 12.1. The summed E-state index contributed by atoms with van der Waals surface area (Å²) in [6, 6.07) is 7.69. The van der Waals surface area contributed by atoms with E-state index in [9.17, 15) is 4.79 Å². The highest BCUT2D eigenvalue weighted by Crippen LogP contribution is 2.31. The molecule has 124 valence electrons. The van der Waals surface area contributed by atoms with Crippen molar-refractivity contribution in [3.05, 3.63) is 29.3 Å². The minimum absolute atomic E-state index is 0. The van der Waals surface area contributed by atoms with E-state index in [4.69, 9.17) is 11.6 Å². The van der Waals surface area contributed by atoms with Crippen molar-refractivity contribution in [3.63, 3.8) is 0 Å². The number of benzene rings is 1. The summed E-state index contributed by atoms with van der Waals surface area (Å²) in [4.78, 5) is 12.0. The number of rotatable bonds is 4. The SMILES string of the molecule is Cl.O=C(CC1CSCCN1)Nc1nnc(-c2ccccc2Cl)s1. The second-order valence-electron chi connectivity index (χ2n) is 4.87. The molecule has 0 radical (unpaired) electrons. The predicted molar refractivity (Wildman–Crippen MR) is 100.0 cm³/mol. The maximum absolute atomic E-state index is 12.0. The molecule has 0 spiro atoms. The lowest BCUT2D eigenvalue weighted by molar-refractivity contribution is -0.116. The first-order chi connectivity index (χ1) is 10.7. The van der Waals surface area contributed by atoms with E-state index < -0.39 is 0 Å². The second-order valence-corrected chi connectivity index (χ2v) is 7.41. The van der Waals surface area contributed by atoms with Gasteiger partial charge in [-0.05, 0) is 6.07 Å². The van der Waals surface area contributed by atoms with Crippen LogP contribution in [0.2, 0.25) is 5.02 Å². The van der Waals surface area contributed by atoms with E-state index in [-0.39, 0.29) is 24.4 Å². The average Bonchev–Trinajstić information content (AvgIpc) is 2.97. The third-order valence-corrected chi connectivity index (χ3v) is 5.54. The van der Waals surface area contributed by atoms with Crippen LogP contribution in [0.4, 0.5) is 5.13 Å². The maximum Gasteiger partial charge on any atom is 0.227 e. The maximum atomic E-state index is 12.0. The van der Waals surface area contributed by atoms with Crippen LogP contribution in [0.15, 0.2) is 24.3 Å². The standard InChI is InChI=1S/C14H15ClN4OS2.ClH/c15-11-4-2-1-3-10(11)13-18-19-14(22-13)17-12(20)7-9-8-21-6-5-16-9;/h1-4,9,16H,5-8H2,(H,17,19,20);1H. The predicted octanol–water partition coefficient (Wildman–Crippen LogP) is 3.31. The Bertz CT molecular complexity index is 662. The molecule has 2 heterocycles. The molecule has 1 unspecified atom stereocenters. The molecule has 1 aliphatic heterocycles. The van der Waals surface area contributed by atoms with E-state index in [1.54, 1.807) is 0 Å². The normalized spacial score (nSPS) is 17.3. The van der Waals surface area contributed by atoms with Crippen molar-refractivity contribution in [3.8, 4) is 10.6 Å². The Balaban J connectivity index is 0.00000192. The van der Waals surface area contributed by atoms with Crippen LogP contribution in [-0.4, -0.2) is 40.2 Å². The van der Waals surface area contributed by atoms with E-state index in [1.165, 1.54) is 11.3 Å². The van der Waals surface area contributed by atoms with Gasteiger partial charge in [0, 0.05) is 36.1 Å². The molecule has 1 amide bonds. The van der Waals surface area contributed by atoms with Crippen LogP contribution >= 0.6 is 47.1 Å². The minimum atomic E-state index is -0.0399. The number of nitrogens with one attached hydrogen (secondary N) is 2. The van der Waals surface area contributed by atoms with Crippen LogP contribution in [0.3, 0.4) is 0 Å². The van der Waals surface area contributed by atoms with E-state index in [2.05, 4.69) is 20.8 Å². The van der Waals surface area contributed by atoms with E-state index in [1.807, 2.05) is 36.0 Å². The number of hydrogen-bond acceptors (Lipinski definition) is 6. The third kappa shape index (κ3) is 5.06. The molecule has 1 aromatic carbocycles. The summed E-state index contributed by atoms with van der Waals surface area (Å²) in [7, 11) is 0. The summed E-state index contributed by atoms with van der Waals surface area (Å²) < 4.78 is 0. The smallest absolute Gasteiger partial charge is 0.227 e. The van der Waals surface area contributed by atoms with E-state index in [0.29, 0.717) is 21.6 Å². The Labute approximate surface area is 154 Å². The molecule has 0 saturated carbocycles. The quantitative estimate of drug-likeness (QED) is 0.837. The molecule has 5 nitrogen and oxygen atoms in total. The van der Waals surface area contributed by atoms with E-state index >= 15 is 0 Å². The lowest BCUT2D eigenvalue weighted by Crippen LogP contribution is -2.39. The summed E-state index contributed by atoms with van der Waals surface area (Å²) in [5, 5.41) is 16.1. The number of amides is 1. The first kappa shape index (κ1) is 18.5. The summed E-state index contributed by atoms with van der Waals surface area (Å²) in [6.07, 6.45) is 0.452. The van der Waals surface area contributed by atoms with Crippen LogP contribution in [0.5, 0.6) is 0 Å². The van der Waals surface area contributed by atoms with Gasteiger partial charge in [-0.3, -0.25) is 4.79 Å². The number of halogens is 2. The van der Waals surface area contributed by atoms with Gasteiger partial charge in [0.05, 0.1) is 5.02 Å². The van der Waals surface area contributed by atoms with Crippen molar-refractivity contribution < 1.29 is 4.79 Å². The Hall–Kier alpha value is -0.860. The molecule has 3 rings (SSSR count). The number of thioether (sulfide) groups is 1. The Morgan fingerprint density at radius 2 is 2.22 bits per heavy atom. The van der Waals surface area contributed by atoms with Gasteiger partial charge in [-0.1, -0.05) is 41.1 Å². The molecule has 2 N–H and O–H groups in total. The van der Waals surface area contributed by atoms with Gasteiger partial charge in [-0.15, -0.1) is 22.6 Å². The summed E-state index contributed by atoms with van der Waals surface area (Å²) >= 11 is 9.34. The Kier molecular flexibility index (Phi) is 7.10. The van der Waals surface area contributed by atoms with Crippen molar-refractivity contribution >= 4 is 58.1 Å². The first-order valence-electron chi connectivity index (χ1n) is 6.92. The Morgan fingerprint density at radius 1 is 1.39 bits per heavy atom. The molecular weight excluding hydrogens is 375 g/mol. The van der Waals surface area contributed by atoms with Crippen molar-refractivity contribution in [1.82, 2.24) is 15.5 Å². The largest absolute Gasteiger partial charge is 0.312 e. The van der Waals surface area contributed by atoms with Gasteiger partial charge in [0.25, 0.3) is 0 Å². The number of hydrogen-bond donors (Lipinski definition) is 2. The van der Waals surface area contributed by atoms with Gasteiger partial charge in [-0.2, -0.15) is 11.8 Å². The molecule has 1 aliphatic rings. The van der Waals surface area contributed by atoms with Gasteiger partial charge < -0.3 is 10.6 Å². The number of carbonyl (C=O) groups excluding carboxylic acids is 1. The topological polar surface area (TPSA) is 66.9 Å². The van der Waals surface area contributed by atoms with Crippen LogP contribution in [0.25, 0.3) is 10.6 Å². The zero-order valence-corrected chi connectivity index (χ0v) is 15.3. The zero-order chi connectivity index (χ0) is 15.4. The van der Waals surface area contributed by atoms with Crippen molar-refractivity contribution in [2.24, 2.45) is 0 Å². The highest BCUT2D eigenvalue weighted by Gasteiger charge is 2.18. The lowest BCUT2D eigenvalue weighted by atomic mass is 10.2. The van der Waals surface area contributed by atoms with Crippen molar-refractivity contribution in [1.29, 1.82) is 0 Å². The van der Waals surface area contributed by atoms with Gasteiger partial charge in [0.2, 0.25) is 11.0 Å². The van der Waals surface area contributed by atoms with Crippen LogP contribution < -0.4 is 10.6 Å². The highest BCUT2D eigenvalue weighted by atomic mass is 35.5. The summed E-state index contributed by atoms with van der Waals surface area (Å²) in [5.74, 6) is 2.03. The summed E-state index contributed by atoms with van der Waals surface area (Å²) in [5.41, 5.74) is 0.826. The van der Waals surface area contributed by atoms with Crippen molar-refractivity contribution in [2.45, 2.75) is 12.5 Å². The molecule has 1 atom stereocenters. The van der Waals surface area contributed by atoms with Crippen molar-refractivity contribution in [2.75, 3.05) is 23.4 Å². The third-order valence-electron chi connectivity index (χ3n) is 3.21. The van der Waals surface area contributed by atoms with Gasteiger partial charge in [-0.25, -0.2) is 0 Å². The molecular formula is C14H16Cl2N4OS2. The van der Waals surface area contributed by atoms with Gasteiger partial charge >= 0.3 is 0 Å². The Morgan fingerprint density at radius 3 is 2.96 bits per heavy atom. The molecule has 1 saturated heterocycles. The fourth-order valence-corrected chi connectivity index (χ4v) is 4.19. The number of nitrogens with zero attached hydrogens (tertiary/aromatic N) is 2. The number of carbonyl (C=O) groups is 1. The van der Waals surface area contributed by atoms with Gasteiger partial charge in [0.1, 0.15) is 0 Å². The lowest BCUT2D eigenvalue weighted by Gasteiger charge is -2.22. The molecule has 23 heavy (non-hydrogen) atoms. The minimum Gasteiger partial charge on any atom is -0.312 e. The molecule has 1 aromatic heterocycles. The molecule has 9 heteroatoms. The molecule has 2 aromatic rings. The van der Waals surface area contributed by atoms with E-state index in [0.717, 1.165) is 23.6 Å². The molecule has 0 bridgehead atoms. The second kappa shape index (κ2) is 8.84. The average molecular weight is 391 g/mol. The van der Waals surface area contributed by atoms with Gasteiger partial charge in [0.15, 0.2) is 5.01 Å². The first-order valence-corrected chi connectivity index (χ1v) is 9.26. The highest BCUT2D eigenvalue weighted by molar-refractivity contribution is 7.99. The number of anilines is 1. The van der Waals surface area contributed by atoms with Crippen LogP contribution in [-0.2, 0) is 4.79 Å². The molecule has 0 aliphatic carbocycles. The van der Waals surface area contributed by atoms with Crippen LogP contribution in [0, 0.1) is 0 Å². The monoisotopic (exact) mass is 390 g/mol. The van der Waals surface area contributed by atoms with Crippen LogP contribution in [0.1, 0.15) is 6.42 Å². The summed E-state index contributed by atoms with van der Waals surface area (Å²) in [6.45, 7) is 0.956. The number of aromatic nitrogens is 2. The molecule has 1 fully saturated rings.